The summed E-state index contributed by atoms with van der Waals surface area (Å²) >= 11 is 0. The van der Waals surface area contributed by atoms with E-state index in [1.165, 1.54) is 0 Å². The summed E-state index contributed by atoms with van der Waals surface area (Å²) in [6, 6.07) is 4.99. The lowest BCUT2D eigenvalue weighted by atomic mass is 9.65. The van der Waals surface area contributed by atoms with Crippen LogP contribution in [-0.4, -0.2) is 46.8 Å². The normalized spacial score (nSPS) is 23.1. The third-order valence-electron chi connectivity index (χ3n) is 7.96. The van der Waals surface area contributed by atoms with Crippen molar-refractivity contribution in [1.82, 2.24) is 21.1 Å². The Balaban J connectivity index is 1.51. The summed E-state index contributed by atoms with van der Waals surface area (Å²) in [4.78, 5) is 51.4. The Hall–Kier alpha value is -3.10. The maximum Gasteiger partial charge on any atom is 0.325 e. The number of aryl methyl sites for hydroxylation is 1. The number of hydrazine groups is 1. The van der Waals surface area contributed by atoms with E-state index >= 15 is 0 Å². The fourth-order valence-corrected chi connectivity index (χ4v) is 4.85. The monoisotopic (exact) mass is 486 g/mol. The number of rotatable bonds is 7. The Morgan fingerprint density at radius 3 is 2.49 bits per heavy atom. The Morgan fingerprint density at radius 2 is 1.86 bits per heavy atom. The molecule has 192 valence electrons. The van der Waals surface area contributed by atoms with Crippen molar-refractivity contribution in [1.29, 1.82) is 0 Å². The van der Waals surface area contributed by atoms with Gasteiger partial charge in [0.2, 0.25) is 0 Å². The van der Waals surface area contributed by atoms with Gasteiger partial charge in [-0.25, -0.2) is 4.79 Å². The molecule has 1 aromatic carbocycles. The van der Waals surface area contributed by atoms with Crippen LogP contribution >= 0.6 is 0 Å². The van der Waals surface area contributed by atoms with Gasteiger partial charge < -0.3 is 10.1 Å². The zero-order valence-corrected chi connectivity index (χ0v) is 21.6. The van der Waals surface area contributed by atoms with Crippen LogP contribution in [0.25, 0.3) is 0 Å². The zero-order valence-electron chi connectivity index (χ0n) is 21.6. The number of carbonyl (C=O) groups excluding carboxylic acids is 4. The Kier molecular flexibility index (Phi) is 7.77. The van der Waals surface area contributed by atoms with Crippen molar-refractivity contribution in [3.63, 3.8) is 0 Å². The van der Waals surface area contributed by atoms with Crippen LogP contribution in [0.15, 0.2) is 18.2 Å². The SMILES string of the molecule is CCC(C)(C)C1CCC2(CC1)NC(=O)N(CC(=O)NNC(=O)C(C)Oc1cccc(C)c1C)C2=O. The fourth-order valence-electron chi connectivity index (χ4n) is 4.85. The predicted octanol–water partition coefficient (Wildman–Crippen LogP) is 3.14. The Labute approximate surface area is 207 Å². The van der Waals surface area contributed by atoms with Crippen molar-refractivity contribution in [2.24, 2.45) is 11.3 Å². The summed E-state index contributed by atoms with van der Waals surface area (Å²) in [6.07, 6.45) is 3.01. The van der Waals surface area contributed by atoms with E-state index in [1.54, 1.807) is 13.0 Å². The van der Waals surface area contributed by atoms with Crippen LogP contribution in [0.4, 0.5) is 4.79 Å². The van der Waals surface area contributed by atoms with Crippen molar-refractivity contribution in [3.05, 3.63) is 29.3 Å². The molecule has 1 saturated heterocycles. The molecule has 3 N–H and O–H groups in total. The highest BCUT2D eigenvalue weighted by Gasteiger charge is 2.53. The predicted molar refractivity (Wildman–Crippen MR) is 131 cm³/mol. The topological polar surface area (TPSA) is 117 Å². The van der Waals surface area contributed by atoms with Gasteiger partial charge >= 0.3 is 6.03 Å². The molecule has 2 fully saturated rings. The molecule has 0 bridgehead atoms. The van der Waals surface area contributed by atoms with Gasteiger partial charge in [-0.05, 0) is 75.0 Å². The van der Waals surface area contributed by atoms with Gasteiger partial charge in [-0.15, -0.1) is 0 Å². The van der Waals surface area contributed by atoms with Gasteiger partial charge in [-0.3, -0.25) is 30.1 Å². The molecular weight excluding hydrogens is 448 g/mol. The summed E-state index contributed by atoms with van der Waals surface area (Å²) < 4.78 is 5.71. The van der Waals surface area contributed by atoms with E-state index in [2.05, 4.69) is 36.9 Å². The maximum atomic E-state index is 13.1. The smallest absolute Gasteiger partial charge is 0.325 e. The van der Waals surface area contributed by atoms with E-state index in [4.69, 9.17) is 4.74 Å². The summed E-state index contributed by atoms with van der Waals surface area (Å²) in [5.74, 6) is -0.518. The first-order valence-corrected chi connectivity index (χ1v) is 12.4. The summed E-state index contributed by atoms with van der Waals surface area (Å²) in [6.45, 7) is 11.6. The van der Waals surface area contributed by atoms with E-state index in [0.717, 1.165) is 35.3 Å². The summed E-state index contributed by atoms with van der Waals surface area (Å²) in [5.41, 5.74) is 5.80. The first kappa shape index (κ1) is 26.5. The van der Waals surface area contributed by atoms with E-state index in [9.17, 15) is 19.2 Å². The van der Waals surface area contributed by atoms with Crippen LogP contribution in [0.2, 0.25) is 0 Å². The number of nitrogens with one attached hydrogen (secondary N) is 3. The van der Waals surface area contributed by atoms with E-state index in [1.807, 2.05) is 26.0 Å². The first-order chi connectivity index (χ1) is 16.4. The number of ether oxygens (including phenoxy) is 1. The van der Waals surface area contributed by atoms with Gasteiger partial charge in [0.25, 0.3) is 17.7 Å². The molecule has 0 radical (unpaired) electrons. The maximum absolute atomic E-state index is 13.1. The van der Waals surface area contributed by atoms with Crippen LogP contribution in [0.5, 0.6) is 5.75 Å². The van der Waals surface area contributed by atoms with Gasteiger partial charge in [0.15, 0.2) is 6.10 Å². The highest BCUT2D eigenvalue weighted by atomic mass is 16.5. The van der Waals surface area contributed by atoms with E-state index in [0.29, 0.717) is 24.5 Å². The highest BCUT2D eigenvalue weighted by Crippen LogP contribution is 2.45. The van der Waals surface area contributed by atoms with Crippen LogP contribution in [-0.2, 0) is 14.4 Å². The van der Waals surface area contributed by atoms with Crippen LogP contribution in [0, 0.1) is 25.2 Å². The molecule has 9 nitrogen and oxygen atoms in total. The molecule has 1 aliphatic carbocycles. The second-order valence-electron chi connectivity index (χ2n) is 10.5. The molecular formula is C26H38N4O5. The quantitative estimate of drug-likeness (QED) is 0.404. The molecule has 0 aromatic heterocycles. The molecule has 1 aliphatic heterocycles. The van der Waals surface area contributed by atoms with Gasteiger partial charge in [0, 0.05) is 0 Å². The minimum absolute atomic E-state index is 0.184. The molecule has 2 aliphatic rings. The largest absolute Gasteiger partial charge is 0.481 e. The number of urea groups is 1. The zero-order chi connectivity index (χ0) is 26.0. The van der Waals surface area contributed by atoms with Crippen molar-refractivity contribution in [2.75, 3.05) is 6.54 Å². The van der Waals surface area contributed by atoms with E-state index < -0.39 is 36.0 Å². The average molecular weight is 487 g/mol. The minimum Gasteiger partial charge on any atom is -0.481 e. The molecule has 3 rings (SSSR count). The fraction of sp³-hybridized carbons (Fsp3) is 0.615. The first-order valence-electron chi connectivity index (χ1n) is 12.4. The summed E-state index contributed by atoms with van der Waals surface area (Å²) in [5, 5.41) is 2.83. The minimum atomic E-state index is -0.936. The van der Waals surface area contributed by atoms with Gasteiger partial charge in [-0.1, -0.05) is 39.3 Å². The van der Waals surface area contributed by atoms with Gasteiger partial charge in [0.1, 0.15) is 17.8 Å². The lowest BCUT2D eigenvalue weighted by molar-refractivity contribution is -0.137. The average Bonchev–Trinajstić information content (AvgIpc) is 3.04. The third-order valence-corrected chi connectivity index (χ3v) is 7.96. The number of nitrogens with zero attached hydrogens (tertiary/aromatic N) is 1. The molecule has 1 aromatic rings. The third kappa shape index (κ3) is 5.60. The van der Waals surface area contributed by atoms with Gasteiger partial charge in [0.05, 0.1) is 0 Å². The number of imide groups is 1. The molecule has 1 atom stereocenters. The lowest BCUT2D eigenvalue weighted by Gasteiger charge is -2.42. The molecule has 5 amide bonds. The number of hydrogen-bond donors (Lipinski definition) is 3. The van der Waals surface area contributed by atoms with Crippen molar-refractivity contribution in [2.45, 2.75) is 85.3 Å². The standard InChI is InChI=1S/C26H38N4O5/c1-7-25(5,6)19-11-13-26(14-12-19)23(33)30(24(34)27-26)15-21(31)28-29-22(32)18(4)35-20-10-8-9-16(2)17(20)3/h8-10,18-19H,7,11-15H2,1-6H3,(H,27,34)(H,28,31)(H,29,32). The van der Waals surface area contributed by atoms with Gasteiger partial charge in [-0.2, -0.15) is 0 Å². The molecule has 35 heavy (non-hydrogen) atoms. The number of benzene rings is 1. The van der Waals surface area contributed by atoms with Crippen LogP contribution in [0.3, 0.4) is 0 Å². The number of carbonyl (C=O) groups is 4. The molecule has 1 spiro atoms. The molecule has 1 saturated carbocycles. The molecule has 9 heteroatoms. The Morgan fingerprint density at radius 1 is 1.20 bits per heavy atom. The molecule has 1 unspecified atom stereocenters. The molecule has 1 heterocycles. The van der Waals surface area contributed by atoms with Crippen molar-refractivity contribution >= 4 is 23.8 Å². The Bertz CT molecular complexity index is 997. The van der Waals surface area contributed by atoms with Crippen LogP contribution < -0.4 is 20.9 Å². The number of amides is 5. The van der Waals surface area contributed by atoms with E-state index in [-0.39, 0.29) is 11.3 Å². The second kappa shape index (κ2) is 10.3. The van der Waals surface area contributed by atoms with Crippen molar-refractivity contribution < 1.29 is 23.9 Å². The summed E-state index contributed by atoms with van der Waals surface area (Å²) in [7, 11) is 0. The van der Waals surface area contributed by atoms with Crippen LogP contribution in [0.1, 0.15) is 70.9 Å². The lowest BCUT2D eigenvalue weighted by Crippen LogP contribution is -2.52. The number of hydrogen-bond acceptors (Lipinski definition) is 5. The second-order valence-corrected chi connectivity index (χ2v) is 10.5. The highest BCUT2D eigenvalue weighted by molar-refractivity contribution is 6.09. The van der Waals surface area contributed by atoms with Crippen molar-refractivity contribution in [3.8, 4) is 5.75 Å².